The van der Waals surface area contributed by atoms with E-state index in [0.717, 1.165) is 23.5 Å². The van der Waals surface area contributed by atoms with Gasteiger partial charge in [0.05, 0.1) is 11.4 Å². The Hall–Kier alpha value is -1.35. The quantitative estimate of drug-likeness (QED) is 0.831. The maximum absolute atomic E-state index is 5.79. The van der Waals surface area contributed by atoms with Crippen LogP contribution in [0, 0.1) is 0 Å². The summed E-state index contributed by atoms with van der Waals surface area (Å²) >= 11 is 0. The number of nitrogens with two attached hydrogens (primary N) is 1. The molecule has 15 heavy (non-hydrogen) atoms. The second kappa shape index (κ2) is 4.03. The Balaban J connectivity index is 2.63. The second-order valence-electron chi connectivity index (χ2n) is 3.89. The minimum absolute atomic E-state index is 0.475. The van der Waals surface area contributed by atoms with Crippen LogP contribution in [-0.2, 0) is 6.54 Å². The van der Waals surface area contributed by atoms with Crippen molar-refractivity contribution in [2.24, 2.45) is 5.73 Å². The first-order chi connectivity index (χ1) is 7.27. The van der Waals surface area contributed by atoms with E-state index in [1.165, 1.54) is 0 Å². The first-order valence-electron chi connectivity index (χ1n) is 5.43. The average Bonchev–Trinajstić information content (AvgIpc) is 2.66. The number of hydrogen-bond donors (Lipinski definition) is 1. The van der Waals surface area contributed by atoms with E-state index in [9.17, 15) is 0 Å². The molecule has 0 radical (unpaired) electrons. The SMILES string of the molecule is CCC(C)c1nc2ccccn2c1CN. The third-order valence-corrected chi connectivity index (χ3v) is 2.93. The molecule has 0 amide bonds. The molecule has 2 N–H and O–H groups in total. The molecule has 0 fully saturated rings. The Labute approximate surface area is 89.9 Å². The van der Waals surface area contributed by atoms with Gasteiger partial charge in [0.25, 0.3) is 0 Å². The van der Waals surface area contributed by atoms with E-state index in [2.05, 4.69) is 23.2 Å². The van der Waals surface area contributed by atoms with Crippen LogP contribution in [-0.4, -0.2) is 9.38 Å². The molecule has 3 heteroatoms. The maximum Gasteiger partial charge on any atom is 0.137 e. The first-order valence-corrected chi connectivity index (χ1v) is 5.43. The van der Waals surface area contributed by atoms with Crippen LogP contribution in [0.2, 0.25) is 0 Å². The molecule has 0 saturated heterocycles. The van der Waals surface area contributed by atoms with E-state index in [-0.39, 0.29) is 0 Å². The summed E-state index contributed by atoms with van der Waals surface area (Å²) in [5.74, 6) is 0.475. The predicted molar refractivity (Wildman–Crippen MR) is 61.8 cm³/mol. The highest BCUT2D eigenvalue weighted by molar-refractivity contribution is 5.43. The minimum atomic E-state index is 0.475. The van der Waals surface area contributed by atoms with Crippen molar-refractivity contribution in [2.45, 2.75) is 32.7 Å². The molecular formula is C12H17N3. The van der Waals surface area contributed by atoms with E-state index in [1.807, 2.05) is 24.4 Å². The number of nitrogens with zero attached hydrogens (tertiary/aromatic N) is 2. The van der Waals surface area contributed by atoms with Crippen LogP contribution < -0.4 is 5.73 Å². The van der Waals surface area contributed by atoms with Crippen molar-refractivity contribution in [2.75, 3.05) is 0 Å². The number of aromatic nitrogens is 2. The highest BCUT2D eigenvalue weighted by atomic mass is 15.0. The number of hydrogen-bond acceptors (Lipinski definition) is 2. The van der Waals surface area contributed by atoms with Gasteiger partial charge >= 0.3 is 0 Å². The molecule has 80 valence electrons. The van der Waals surface area contributed by atoms with Crippen molar-refractivity contribution in [1.82, 2.24) is 9.38 Å². The monoisotopic (exact) mass is 203 g/mol. The van der Waals surface area contributed by atoms with E-state index in [0.29, 0.717) is 12.5 Å². The molecule has 0 spiro atoms. The van der Waals surface area contributed by atoms with Crippen molar-refractivity contribution in [1.29, 1.82) is 0 Å². The van der Waals surface area contributed by atoms with Gasteiger partial charge in [-0.25, -0.2) is 4.98 Å². The van der Waals surface area contributed by atoms with Gasteiger partial charge < -0.3 is 10.1 Å². The Morgan fingerprint density at radius 3 is 2.93 bits per heavy atom. The van der Waals surface area contributed by atoms with Crippen LogP contribution in [0.25, 0.3) is 5.65 Å². The van der Waals surface area contributed by atoms with Gasteiger partial charge in [0.1, 0.15) is 5.65 Å². The van der Waals surface area contributed by atoms with Gasteiger partial charge in [0.15, 0.2) is 0 Å². The van der Waals surface area contributed by atoms with Crippen molar-refractivity contribution in [3.8, 4) is 0 Å². The van der Waals surface area contributed by atoms with Gasteiger partial charge in [-0.1, -0.05) is 19.9 Å². The summed E-state index contributed by atoms with van der Waals surface area (Å²) in [6.45, 7) is 4.92. The van der Waals surface area contributed by atoms with Crippen LogP contribution in [0.15, 0.2) is 24.4 Å². The molecule has 2 heterocycles. The molecule has 2 aromatic heterocycles. The predicted octanol–water partition coefficient (Wildman–Crippen LogP) is 2.31. The molecule has 0 bridgehead atoms. The smallest absolute Gasteiger partial charge is 0.137 e. The maximum atomic E-state index is 5.79. The molecular weight excluding hydrogens is 186 g/mol. The Morgan fingerprint density at radius 1 is 1.47 bits per heavy atom. The molecule has 0 aliphatic heterocycles. The molecule has 0 aromatic carbocycles. The number of fused-ring (bicyclic) bond motifs is 1. The molecule has 3 nitrogen and oxygen atoms in total. The van der Waals surface area contributed by atoms with Crippen LogP contribution in [0.5, 0.6) is 0 Å². The molecule has 0 aliphatic rings. The van der Waals surface area contributed by atoms with Gasteiger partial charge in [-0.2, -0.15) is 0 Å². The molecule has 0 saturated carbocycles. The van der Waals surface area contributed by atoms with Crippen molar-refractivity contribution >= 4 is 5.65 Å². The molecule has 1 atom stereocenters. The fourth-order valence-corrected chi connectivity index (χ4v) is 1.86. The van der Waals surface area contributed by atoms with Gasteiger partial charge in [-0.15, -0.1) is 0 Å². The second-order valence-corrected chi connectivity index (χ2v) is 3.89. The zero-order valence-corrected chi connectivity index (χ0v) is 9.27. The summed E-state index contributed by atoms with van der Waals surface area (Å²) in [4.78, 5) is 4.64. The van der Waals surface area contributed by atoms with E-state index >= 15 is 0 Å². The molecule has 1 unspecified atom stereocenters. The van der Waals surface area contributed by atoms with Crippen LogP contribution in [0.4, 0.5) is 0 Å². The summed E-state index contributed by atoms with van der Waals surface area (Å²) in [5, 5.41) is 0. The summed E-state index contributed by atoms with van der Waals surface area (Å²) in [5.41, 5.74) is 9.07. The van der Waals surface area contributed by atoms with E-state index in [4.69, 9.17) is 5.73 Å². The Morgan fingerprint density at radius 2 is 2.27 bits per heavy atom. The zero-order chi connectivity index (χ0) is 10.8. The minimum Gasteiger partial charge on any atom is -0.325 e. The third-order valence-electron chi connectivity index (χ3n) is 2.93. The lowest BCUT2D eigenvalue weighted by Crippen LogP contribution is -2.05. The van der Waals surface area contributed by atoms with Crippen LogP contribution in [0.3, 0.4) is 0 Å². The summed E-state index contributed by atoms with van der Waals surface area (Å²) in [7, 11) is 0. The van der Waals surface area contributed by atoms with Crippen molar-refractivity contribution in [3.05, 3.63) is 35.8 Å². The lowest BCUT2D eigenvalue weighted by atomic mass is 10.0. The van der Waals surface area contributed by atoms with Gasteiger partial charge in [0, 0.05) is 18.7 Å². The zero-order valence-electron chi connectivity index (χ0n) is 9.27. The largest absolute Gasteiger partial charge is 0.325 e. The lowest BCUT2D eigenvalue weighted by Gasteiger charge is -2.07. The van der Waals surface area contributed by atoms with Gasteiger partial charge in [0.2, 0.25) is 0 Å². The average molecular weight is 203 g/mol. The first kappa shape index (κ1) is 10.2. The molecule has 2 rings (SSSR count). The van der Waals surface area contributed by atoms with E-state index < -0.39 is 0 Å². The molecule has 0 aliphatic carbocycles. The van der Waals surface area contributed by atoms with Crippen LogP contribution >= 0.6 is 0 Å². The fourth-order valence-electron chi connectivity index (χ4n) is 1.86. The Kier molecular flexibility index (Phi) is 2.73. The standard InChI is InChI=1S/C12H17N3/c1-3-9(2)12-10(8-13)15-7-5-4-6-11(15)14-12/h4-7,9H,3,8,13H2,1-2H3. The highest BCUT2D eigenvalue weighted by Crippen LogP contribution is 2.22. The van der Waals surface area contributed by atoms with Crippen molar-refractivity contribution < 1.29 is 0 Å². The summed E-state index contributed by atoms with van der Waals surface area (Å²) in [6.07, 6.45) is 3.12. The third kappa shape index (κ3) is 1.63. The number of rotatable bonds is 3. The summed E-state index contributed by atoms with van der Waals surface area (Å²) < 4.78 is 2.08. The fraction of sp³-hybridized carbons (Fsp3) is 0.417. The van der Waals surface area contributed by atoms with Crippen molar-refractivity contribution in [3.63, 3.8) is 0 Å². The highest BCUT2D eigenvalue weighted by Gasteiger charge is 2.14. The number of pyridine rings is 1. The lowest BCUT2D eigenvalue weighted by molar-refractivity contribution is 0.699. The Bertz CT molecular complexity index is 459. The topological polar surface area (TPSA) is 43.3 Å². The van der Waals surface area contributed by atoms with Crippen LogP contribution in [0.1, 0.15) is 37.6 Å². The van der Waals surface area contributed by atoms with E-state index in [1.54, 1.807) is 0 Å². The molecule has 2 aromatic rings. The number of imidazole rings is 1. The van der Waals surface area contributed by atoms with Gasteiger partial charge in [-0.05, 0) is 18.6 Å². The summed E-state index contributed by atoms with van der Waals surface area (Å²) in [6, 6.07) is 6.03. The van der Waals surface area contributed by atoms with Gasteiger partial charge in [-0.3, -0.25) is 0 Å². The normalized spacial score (nSPS) is 13.3.